The summed E-state index contributed by atoms with van der Waals surface area (Å²) in [6, 6.07) is 19.4. The molecular weight excluding hydrogens is 370 g/mol. The van der Waals surface area contributed by atoms with Crippen molar-refractivity contribution in [1.29, 1.82) is 0 Å². The first-order chi connectivity index (χ1) is 14.7. The number of hydrogen-bond acceptors (Lipinski definition) is 3. The number of anilines is 1. The average Bonchev–Trinajstić information content (AvgIpc) is 3.63. The third-order valence-corrected chi connectivity index (χ3v) is 6.60. The van der Waals surface area contributed by atoms with Gasteiger partial charge in [-0.25, -0.2) is 0 Å². The molecule has 1 aromatic heterocycles. The Hall–Kier alpha value is -2.88. The molecule has 2 aliphatic rings. The quantitative estimate of drug-likeness (QED) is 0.609. The van der Waals surface area contributed by atoms with E-state index in [4.69, 9.17) is 0 Å². The zero-order valence-electron chi connectivity index (χ0n) is 17.6. The smallest absolute Gasteiger partial charge is 0.226 e. The fraction of sp³-hybridized carbons (Fsp3) is 0.385. The second kappa shape index (κ2) is 8.10. The average molecular weight is 400 g/mol. The molecule has 0 unspecified atom stereocenters. The van der Waals surface area contributed by atoms with Crippen LogP contribution in [0.2, 0.25) is 0 Å². The molecule has 0 spiro atoms. The summed E-state index contributed by atoms with van der Waals surface area (Å²) in [5, 5.41) is 1.21. The molecule has 1 saturated heterocycles. The molecule has 5 rings (SSSR count). The summed E-state index contributed by atoms with van der Waals surface area (Å²) in [4.78, 5) is 22.6. The van der Waals surface area contributed by atoms with Gasteiger partial charge in [0, 0.05) is 48.9 Å². The maximum Gasteiger partial charge on any atom is 0.226 e. The van der Waals surface area contributed by atoms with Gasteiger partial charge < -0.3 is 9.80 Å². The Morgan fingerprint density at radius 2 is 1.77 bits per heavy atom. The van der Waals surface area contributed by atoms with E-state index < -0.39 is 0 Å². The van der Waals surface area contributed by atoms with Crippen molar-refractivity contribution in [2.24, 2.45) is 5.92 Å². The van der Waals surface area contributed by atoms with E-state index in [2.05, 4.69) is 70.2 Å². The summed E-state index contributed by atoms with van der Waals surface area (Å²) in [6.07, 6.45) is 6.06. The fourth-order valence-corrected chi connectivity index (χ4v) is 4.74. The number of aromatic nitrogens is 1. The van der Waals surface area contributed by atoms with E-state index in [1.165, 1.54) is 22.2 Å². The van der Waals surface area contributed by atoms with Crippen molar-refractivity contribution in [3.8, 4) is 0 Å². The van der Waals surface area contributed by atoms with Gasteiger partial charge in [-0.15, -0.1) is 0 Å². The predicted molar refractivity (Wildman–Crippen MR) is 121 cm³/mol. The molecule has 4 heteroatoms. The van der Waals surface area contributed by atoms with E-state index in [9.17, 15) is 4.79 Å². The molecule has 1 aliphatic carbocycles. The minimum absolute atomic E-state index is 0.139. The Kier molecular flexibility index (Phi) is 5.16. The van der Waals surface area contributed by atoms with Gasteiger partial charge in [0.2, 0.25) is 5.91 Å². The largest absolute Gasteiger partial charge is 0.371 e. The highest BCUT2D eigenvalue weighted by molar-refractivity contribution is 5.93. The molecule has 0 atom stereocenters. The maximum atomic E-state index is 13.4. The van der Waals surface area contributed by atoms with Gasteiger partial charge in [0.1, 0.15) is 0 Å². The van der Waals surface area contributed by atoms with Crippen LogP contribution in [-0.2, 0) is 11.3 Å². The number of pyridine rings is 1. The van der Waals surface area contributed by atoms with Crippen molar-refractivity contribution >= 4 is 22.5 Å². The van der Waals surface area contributed by atoms with Crippen LogP contribution in [-0.4, -0.2) is 34.9 Å². The van der Waals surface area contributed by atoms with E-state index in [-0.39, 0.29) is 5.92 Å². The highest BCUT2D eigenvalue weighted by Gasteiger charge is 2.37. The molecule has 0 N–H and O–H groups in total. The highest BCUT2D eigenvalue weighted by atomic mass is 16.2. The molecule has 2 fully saturated rings. The van der Waals surface area contributed by atoms with Gasteiger partial charge in [0.25, 0.3) is 0 Å². The van der Waals surface area contributed by atoms with Crippen molar-refractivity contribution < 1.29 is 4.79 Å². The van der Waals surface area contributed by atoms with Crippen LogP contribution in [0.3, 0.4) is 0 Å². The number of carbonyl (C=O) groups excluding carboxylic acids is 1. The Bertz CT molecular complexity index is 1040. The molecular formula is C26H29N3O. The number of rotatable bonds is 5. The van der Waals surface area contributed by atoms with Crippen LogP contribution in [0.25, 0.3) is 10.9 Å². The van der Waals surface area contributed by atoms with Gasteiger partial charge in [0.05, 0.1) is 5.52 Å². The van der Waals surface area contributed by atoms with Crippen molar-refractivity contribution in [1.82, 2.24) is 9.88 Å². The molecule has 2 aromatic carbocycles. The number of nitrogens with zero attached hydrogens (tertiary/aromatic N) is 3. The van der Waals surface area contributed by atoms with Crippen molar-refractivity contribution in [3.05, 3.63) is 71.9 Å². The second-order valence-corrected chi connectivity index (χ2v) is 8.75. The zero-order valence-corrected chi connectivity index (χ0v) is 17.6. The molecule has 30 heavy (non-hydrogen) atoms. The number of hydrogen-bond donors (Lipinski definition) is 0. The van der Waals surface area contributed by atoms with E-state index in [1.54, 1.807) is 0 Å². The van der Waals surface area contributed by atoms with E-state index >= 15 is 0 Å². The number of para-hydroxylation sites is 1. The van der Waals surface area contributed by atoms with Crippen LogP contribution in [0.4, 0.5) is 5.69 Å². The third kappa shape index (κ3) is 3.79. The van der Waals surface area contributed by atoms with Gasteiger partial charge in [-0.05, 0) is 49.8 Å². The van der Waals surface area contributed by atoms with Gasteiger partial charge >= 0.3 is 0 Å². The molecule has 0 radical (unpaired) electrons. The molecule has 154 valence electrons. The van der Waals surface area contributed by atoms with Crippen LogP contribution in [0.15, 0.2) is 60.8 Å². The molecule has 3 aromatic rings. The minimum atomic E-state index is 0.139. The fourth-order valence-electron chi connectivity index (χ4n) is 4.74. The summed E-state index contributed by atoms with van der Waals surface area (Å²) in [7, 11) is 0. The van der Waals surface area contributed by atoms with E-state index in [1.807, 2.05) is 12.3 Å². The van der Waals surface area contributed by atoms with Gasteiger partial charge in [-0.3, -0.25) is 9.78 Å². The lowest BCUT2D eigenvalue weighted by atomic mass is 9.94. The van der Waals surface area contributed by atoms with Gasteiger partial charge in [0.15, 0.2) is 0 Å². The highest BCUT2D eigenvalue weighted by Crippen LogP contribution is 2.34. The van der Waals surface area contributed by atoms with Crippen molar-refractivity contribution in [3.63, 3.8) is 0 Å². The van der Waals surface area contributed by atoms with Gasteiger partial charge in [-0.2, -0.15) is 0 Å². The Morgan fingerprint density at radius 1 is 1.00 bits per heavy atom. The molecule has 1 aliphatic heterocycles. The van der Waals surface area contributed by atoms with Gasteiger partial charge in [-0.1, -0.05) is 48.5 Å². The number of benzene rings is 2. The number of amides is 1. The maximum absolute atomic E-state index is 13.4. The lowest BCUT2D eigenvalue weighted by Crippen LogP contribution is -2.43. The zero-order chi connectivity index (χ0) is 20.5. The number of piperidine rings is 1. The lowest BCUT2D eigenvalue weighted by Gasteiger charge is -2.36. The van der Waals surface area contributed by atoms with Crippen LogP contribution in [0.5, 0.6) is 0 Å². The standard InChI is InChI=1S/C26H29N3O/c1-19-6-5-9-23-24(12-15-27-25(19)23)28-16-13-21(14-17-28)26(30)29(22-10-11-22)18-20-7-3-2-4-8-20/h2-9,12,15,21-22H,10-11,13-14,16-18H2,1H3. The number of fused-ring (bicyclic) bond motifs is 1. The lowest BCUT2D eigenvalue weighted by molar-refractivity contribution is -0.137. The first-order valence-corrected chi connectivity index (χ1v) is 11.1. The first kappa shape index (κ1) is 19.1. The SMILES string of the molecule is Cc1cccc2c(N3CCC(C(=O)N(Cc4ccccc4)C4CC4)CC3)ccnc12. The Morgan fingerprint density at radius 3 is 2.50 bits per heavy atom. The first-order valence-electron chi connectivity index (χ1n) is 11.1. The molecule has 2 heterocycles. The third-order valence-electron chi connectivity index (χ3n) is 6.60. The number of aryl methyl sites for hydroxylation is 1. The summed E-state index contributed by atoms with van der Waals surface area (Å²) in [5.74, 6) is 0.497. The van der Waals surface area contributed by atoms with Crippen molar-refractivity contribution in [2.45, 2.75) is 45.2 Å². The minimum Gasteiger partial charge on any atom is -0.371 e. The molecule has 1 saturated carbocycles. The summed E-state index contributed by atoms with van der Waals surface area (Å²) >= 11 is 0. The topological polar surface area (TPSA) is 36.4 Å². The Balaban J connectivity index is 1.29. The van der Waals surface area contributed by atoms with Crippen LogP contribution >= 0.6 is 0 Å². The van der Waals surface area contributed by atoms with E-state index in [0.29, 0.717) is 11.9 Å². The molecule has 4 nitrogen and oxygen atoms in total. The second-order valence-electron chi connectivity index (χ2n) is 8.75. The van der Waals surface area contributed by atoms with Crippen LogP contribution in [0, 0.1) is 12.8 Å². The summed E-state index contributed by atoms with van der Waals surface area (Å²) in [6.45, 7) is 4.71. The monoisotopic (exact) mass is 399 g/mol. The van der Waals surface area contributed by atoms with E-state index in [0.717, 1.165) is 50.8 Å². The van der Waals surface area contributed by atoms with Crippen molar-refractivity contribution in [2.75, 3.05) is 18.0 Å². The number of carbonyl (C=O) groups is 1. The van der Waals surface area contributed by atoms with Crippen LogP contribution < -0.4 is 4.90 Å². The molecule has 1 amide bonds. The summed E-state index contributed by atoms with van der Waals surface area (Å²) in [5.41, 5.74) is 4.77. The predicted octanol–water partition coefficient (Wildman–Crippen LogP) is 4.95. The Labute approximate surface area is 178 Å². The van der Waals surface area contributed by atoms with Crippen LogP contribution in [0.1, 0.15) is 36.8 Å². The summed E-state index contributed by atoms with van der Waals surface area (Å²) < 4.78 is 0. The normalized spacial score (nSPS) is 17.3. The molecule has 0 bridgehead atoms.